The van der Waals surface area contributed by atoms with Crippen molar-refractivity contribution in [3.8, 4) is 5.75 Å². The van der Waals surface area contributed by atoms with Crippen LogP contribution in [0, 0.1) is 0 Å². The quantitative estimate of drug-likeness (QED) is 0.517. The molecule has 2 aromatic rings. The lowest BCUT2D eigenvalue weighted by Gasteiger charge is -2.07. The Morgan fingerprint density at radius 1 is 1.32 bits per heavy atom. The monoisotopic (exact) mass is 300 g/mol. The van der Waals surface area contributed by atoms with Gasteiger partial charge in [0.1, 0.15) is 23.1 Å². The lowest BCUT2D eigenvalue weighted by Crippen LogP contribution is -2.29. The number of nitrogen functional groups attached to an aromatic ring is 1. The third-order valence-electron chi connectivity index (χ3n) is 2.30. The molecule has 100 valence electrons. The third kappa shape index (κ3) is 3.20. The summed E-state index contributed by atoms with van der Waals surface area (Å²) in [6.45, 7) is 0.123. The van der Waals surface area contributed by atoms with E-state index in [1.165, 1.54) is 6.07 Å². The molecule has 0 spiro atoms. The molecule has 0 radical (unpaired) electrons. The molecule has 7 heteroatoms. The van der Waals surface area contributed by atoms with Gasteiger partial charge in [-0.3, -0.25) is 10.2 Å². The Kier molecular flexibility index (Phi) is 4.31. The standard InChI is InChI=1S/C12H10Cl2N2O3/c13-8-2-1-3-9(11(8)14)18-6-7-4-5-10(19-7)12(17)16-15/h1-5H,6,15H2,(H,16,17). The van der Waals surface area contributed by atoms with Gasteiger partial charge in [-0.1, -0.05) is 29.3 Å². The van der Waals surface area contributed by atoms with Gasteiger partial charge in [-0.2, -0.15) is 0 Å². The average Bonchev–Trinajstić information content (AvgIpc) is 2.88. The van der Waals surface area contributed by atoms with E-state index in [-0.39, 0.29) is 12.4 Å². The highest BCUT2D eigenvalue weighted by Crippen LogP contribution is 2.31. The van der Waals surface area contributed by atoms with Gasteiger partial charge in [-0.05, 0) is 24.3 Å². The van der Waals surface area contributed by atoms with E-state index in [0.717, 1.165) is 0 Å². The summed E-state index contributed by atoms with van der Waals surface area (Å²) in [5.41, 5.74) is 1.97. The maximum Gasteiger partial charge on any atom is 0.300 e. The van der Waals surface area contributed by atoms with E-state index in [4.69, 9.17) is 38.2 Å². The molecule has 3 N–H and O–H groups in total. The second-order valence-corrected chi connectivity index (χ2v) is 4.37. The summed E-state index contributed by atoms with van der Waals surface area (Å²) < 4.78 is 10.7. The summed E-state index contributed by atoms with van der Waals surface area (Å²) >= 11 is 11.8. The lowest BCUT2D eigenvalue weighted by atomic mass is 10.3. The molecule has 1 heterocycles. The number of halogens is 2. The molecule has 1 aromatic carbocycles. The van der Waals surface area contributed by atoms with Gasteiger partial charge in [-0.15, -0.1) is 0 Å². The molecule has 0 saturated heterocycles. The molecule has 2 rings (SSSR count). The highest BCUT2D eigenvalue weighted by Gasteiger charge is 2.11. The first-order valence-electron chi connectivity index (χ1n) is 5.28. The van der Waals surface area contributed by atoms with Crippen molar-refractivity contribution in [3.63, 3.8) is 0 Å². The van der Waals surface area contributed by atoms with Crippen LogP contribution in [0.25, 0.3) is 0 Å². The van der Waals surface area contributed by atoms with Gasteiger partial charge in [0.2, 0.25) is 0 Å². The number of furan rings is 1. The number of carbonyl (C=O) groups is 1. The van der Waals surface area contributed by atoms with Crippen molar-refractivity contribution in [3.05, 3.63) is 51.9 Å². The smallest absolute Gasteiger partial charge is 0.300 e. The molecule has 5 nitrogen and oxygen atoms in total. The minimum atomic E-state index is -0.507. The Morgan fingerprint density at radius 2 is 2.11 bits per heavy atom. The van der Waals surface area contributed by atoms with E-state index >= 15 is 0 Å². The number of rotatable bonds is 4. The zero-order chi connectivity index (χ0) is 13.8. The number of ether oxygens (including phenoxy) is 1. The molecule has 0 aliphatic carbocycles. The second-order valence-electron chi connectivity index (χ2n) is 3.58. The molecule has 0 atom stereocenters. The van der Waals surface area contributed by atoms with Crippen molar-refractivity contribution >= 4 is 29.1 Å². The maximum atomic E-state index is 11.2. The number of nitrogens with one attached hydrogen (secondary N) is 1. The summed E-state index contributed by atoms with van der Waals surface area (Å²) in [6, 6.07) is 8.18. The minimum Gasteiger partial charge on any atom is -0.484 e. The Bertz CT molecular complexity index is 598. The summed E-state index contributed by atoms with van der Waals surface area (Å²) in [5, 5.41) is 0.734. The van der Waals surface area contributed by atoms with E-state index in [1.54, 1.807) is 24.3 Å². The second kappa shape index (κ2) is 5.97. The van der Waals surface area contributed by atoms with Crippen molar-refractivity contribution in [1.82, 2.24) is 5.43 Å². The van der Waals surface area contributed by atoms with Gasteiger partial charge < -0.3 is 9.15 Å². The number of nitrogens with two attached hydrogens (primary N) is 1. The number of benzene rings is 1. The zero-order valence-corrected chi connectivity index (χ0v) is 11.2. The van der Waals surface area contributed by atoms with Crippen LogP contribution in [0.2, 0.25) is 10.0 Å². The fourth-order valence-corrected chi connectivity index (χ4v) is 1.74. The number of hydrogen-bond acceptors (Lipinski definition) is 4. The van der Waals surface area contributed by atoms with E-state index < -0.39 is 5.91 Å². The first kappa shape index (κ1) is 13.7. The molecule has 0 aliphatic heterocycles. The van der Waals surface area contributed by atoms with Crippen LogP contribution >= 0.6 is 23.2 Å². The molecule has 0 unspecified atom stereocenters. The molecule has 0 fully saturated rings. The first-order valence-corrected chi connectivity index (χ1v) is 6.04. The lowest BCUT2D eigenvalue weighted by molar-refractivity contribution is 0.0922. The van der Waals surface area contributed by atoms with Gasteiger partial charge in [0, 0.05) is 0 Å². The largest absolute Gasteiger partial charge is 0.484 e. The SMILES string of the molecule is NNC(=O)c1ccc(COc2cccc(Cl)c2Cl)o1. The Labute approximate surface area is 119 Å². The third-order valence-corrected chi connectivity index (χ3v) is 3.10. The molecule has 0 saturated carbocycles. The van der Waals surface area contributed by atoms with Crippen molar-refractivity contribution < 1.29 is 13.9 Å². The molecule has 0 aliphatic rings. The van der Waals surface area contributed by atoms with Gasteiger partial charge in [0.15, 0.2) is 5.76 Å². The van der Waals surface area contributed by atoms with Crippen molar-refractivity contribution in [2.75, 3.05) is 0 Å². The molecular formula is C12H10Cl2N2O3. The van der Waals surface area contributed by atoms with Crippen molar-refractivity contribution in [1.29, 1.82) is 0 Å². The highest BCUT2D eigenvalue weighted by molar-refractivity contribution is 6.42. The van der Waals surface area contributed by atoms with Gasteiger partial charge in [0.25, 0.3) is 0 Å². The van der Waals surface area contributed by atoms with Crippen LogP contribution in [0.4, 0.5) is 0 Å². The maximum absolute atomic E-state index is 11.2. The summed E-state index contributed by atoms with van der Waals surface area (Å²) in [7, 11) is 0. The molecule has 19 heavy (non-hydrogen) atoms. The minimum absolute atomic E-state index is 0.110. The van der Waals surface area contributed by atoms with Gasteiger partial charge in [-0.25, -0.2) is 5.84 Å². The topological polar surface area (TPSA) is 77.5 Å². The number of amides is 1. The Morgan fingerprint density at radius 3 is 2.84 bits per heavy atom. The summed E-state index contributed by atoms with van der Waals surface area (Å²) in [6.07, 6.45) is 0. The van der Waals surface area contributed by atoms with E-state index in [9.17, 15) is 4.79 Å². The average molecular weight is 301 g/mol. The predicted octanol–water partition coefficient (Wildman–Crippen LogP) is 2.77. The van der Waals surface area contributed by atoms with E-state index in [0.29, 0.717) is 21.6 Å². The fourth-order valence-electron chi connectivity index (χ4n) is 1.39. The van der Waals surface area contributed by atoms with Gasteiger partial charge >= 0.3 is 5.91 Å². The Balaban J connectivity index is 2.04. The van der Waals surface area contributed by atoms with Crippen molar-refractivity contribution in [2.45, 2.75) is 6.61 Å². The van der Waals surface area contributed by atoms with Crippen LogP contribution in [-0.2, 0) is 6.61 Å². The first-order chi connectivity index (χ1) is 9.11. The summed E-state index contributed by atoms with van der Waals surface area (Å²) in [5.74, 6) is 5.50. The molecule has 0 bridgehead atoms. The number of hydrogen-bond donors (Lipinski definition) is 2. The van der Waals surface area contributed by atoms with Crippen LogP contribution in [-0.4, -0.2) is 5.91 Å². The normalized spacial score (nSPS) is 10.3. The fraction of sp³-hybridized carbons (Fsp3) is 0.0833. The van der Waals surface area contributed by atoms with Crippen LogP contribution in [0.3, 0.4) is 0 Å². The Hall–Kier alpha value is -1.69. The van der Waals surface area contributed by atoms with E-state index in [2.05, 4.69) is 0 Å². The number of carbonyl (C=O) groups excluding carboxylic acids is 1. The van der Waals surface area contributed by atoms with E-state index in [1.807, 2.05) is 5.43 Å². The van der Waals surface area contributed by atoms with Crippen LogP contribution in [0.1, 0.15) is 16.3 Å². The molecule has 1 amide bonds. The van der Waals surface area contributed by atoms with Gasteiger partial charge in [0.05, 0.1) is 5.02 Å². The zero-order valence-electron chi connectivity index (χ0n) is 9.65. The molecular weight excluding hydrogens is 291 g/mol. The predicted molar refractivity (Wildman–Crippen MR) is 71.2 cm³/mol. The van der Waals surface area contributed by atoms with Crippen LogP contribution in [0.15, 0.2) is 34.7 Å². The van der Waals surface area contributed by atoms with Crippen LogP contribution in [0.5, 0.6) is 5.75 Å². The molecule has 1 aromatic heterocycles. The highest BCUT2D eigenvalue weighted by atomic mass is 35.5. The van der Waals surface area contributed by atoms with Crippen LogP contribution < -0.4 is 16.0 Å². The number of hydrazine groups is 1. The van der Waals surface area contributed by atoms with Crippen molar-refractivity contribution in [2.24, 2.45) is 5.84 Å². The summed E-state index contributed by atoms with van der Waals surface area (Å²) in [4.78, 5) is 11.2.